The molecule has 1 saturated heterocycles. The van der Waals surface area contributed by atoms with Gasteiger partial charge >= 0.3 is 0 Å². The fourth-order valence-corrected chi connectivity index (χ4v) is 3.46. The lowest BCUT2D eigenvalue weighted by molar-refractivity contribution is 0.456. The molecule has 0 spiro atoms. The first-order valence-electron chi connectivity index (χ1n) is 6.71. The van der Waals surface area contributed by atoms with Gasteiger partial charge in [-0.05, 0) is 24.1 Å². The first-order valence-corrected chi connectivity index (χ1v) is 9.41. The summed E-state index contributed by atoms with van der Waals surface area (Å²) < 4.78 is 22.3. The molecule has 1 aromatic carbocycles. The zero-order chi connectivity index (χ0) is 15.3. The average molecular weight is 328 g/mol. The molecule has 0 aliphatic carbocycles. The van der Waals surface area contributed by atoms with Gasteiger partial charge in [0, 0.05) is 31.1 Å². The van der Waals surface area contributed by atoms with Gasteiger partial charge in [-0.1, -0.05) is 12.1 Å². The number of hydrogen-bond acceptors (Lipinski definition) is 4. The van der Waals surface area contributed by atoms with Crippen molar-refractivity contribution < 1.29 is 8.42 Å². The summed E-state index contributed by atoms with van der Waals surface area (Å²) in [5.41, 5.74) is 6.97. The third-order valence-corrected chi connectivity index (χ3v) is 5.13. The molecule has 0 amide bonds. The fourth-order valence-electron chi connectivity index (χ4n) is 2.04. The summed E-state index contributed by atoms with van der Waals surface area (Å²) in [6.45, 7) is 2.48. The Hall–Kier alpha value is -1.25. The average Bonchev–Trinajstić information content (AvgIpc) is 2.47. The summed E-state index contributed by atoms with van der Waals surface area (Å²) >= 11 is 1.93. The molecule has 0 radical (unpaired) electrons. The van der Waals surface area contributed by atoms with Crippen LogP contribution in [0.5, 0.6) is 0 Å². The fraction of sp³-hybridized carbons (Fsp3) is 0.462. The van der Waals surface area contributed by atoms with Crippen molar-refractivity contribution in [3.8, 4) is 0 Å². The van der Waals surface area contributed by atoms with Crippen molar-refractivity contribution in [2.45, 2.75) is 11.3 Å². The number of aliphatic imine (C=N–C) groups is 1. The van der Waals surface area contributed by atoms with Crippen LogP contribution in [0.25, 0.3) is 0 Å². The molecule has 1 heterocycles. The number of guanidine groups is 1. The van der Waals surface area contributed by atoms with Crippen LogP contribution in [-0.4, -0.2) is 50.4 Å². The maximum Gasteiger partial charge on any atom is 0.238 e. The number of nitrogens with two attached hydrogens (primary N) is 2. The van der Waals surface area contributed by atoms with Gasteiger partial charge in [0.1, 0.15) is 0 Å². The molecule has 116 valence electrons. The van der Waals surface area contributed by atoms with E-state index in [1.807, 2.05) is 11.8 Å². The number of thioether (sulfide) groups is 1. The van der Waals surface area contributed by atoms with E-state index in [0.717, 1.165) is 30.2 Å². The van der Waals surface area contributed by atoms with Crippen molar-refractivity contribution in [1.29, 1.82) is 0 Å². The van der Waals surface area contributed by atoms with Gasteiger partial charge in [-0.3, -0.25) is 4.99 Å². The van der Waals surface area contributed by atoms with Gasteiger partial charge in [0.15, 0.2) is 5.96 Å². The van der Waals surface area contributed by atoms with Gasteiger partial charge in [-0.15, -0.1) is 0 Å². The van der Waals surface area contributed by atoms with Crippen molar-refractivity contribution in [2.75, 3.05) is 31.1 Å². The monoisotopic (exact) mass is 328 g/mol. The standard InChI is InChI=1S/C13H20N4O2S2/c14-13(17-7-9-20-10-8-17)16-6-5-11-1-3-12(4-2-11)21(15,18)19/h1-4H,5-10H2,(H2,14,16)(H2,15,18,19). The van der Waals surface area contributed by atoms with Crippen LogP contribution < -0.4 is 10.9 Å². The highest BCUT2D eigenvalue weighted by molar-refractivity contribution is 7.99. The third-order valence-electron chi connectivity index (χ3n) is 3.26. The van der Waals surface area contributed by atoms with E-state index in [1.165, 1.54) is 12.1 Å². The van der Waals surface area contributed by atoms with Gasteiger partial charge in [-0.25, -0.2) is 13.6 Å². The minimum Gasteiger partial charge on any atom is -0.370 e. The molecular weight excluding hydrogens is 308 g/mol. The van der Waals surface area contributed by atoms with Crippen LogP contribution in [0.15, 0.2) is 34.2 Å². The molecule has 6 nitrogen and oxygen atoms in total. The summed E-state index contributed by atoms with van der Waals surface area (Å²) in [7, 11) is -3.62. The molecule has 21 heavy (non-hydrogen) atoms. The molecule has 0 unspecified atom stereocenters. The lowest BCUT2D eigenvalue weighted by Gasteiger charge is -2.27. The topological polar surface area (TPSA) is 102 Å². The Morgan fingerprint density at radius 2 is 1.86 bits per heavy atom. The van der Waals surface area contributed by atoms with Crippen molar-refractivity contribution in [2.24, 2.45) is 15.9 Å². The Morgan fingerprint density at radius 3 is 2.43 bits per heavy atom. The van der Waals surface area contributed by atoms with Crippen LogP contribution >= 0.6 is 11.8 Å². The lowest BCUT2D eigenvalue weighted by atomic mass is 10.1. The predicted molar refractivity (Wildman–Crippen MR) is 86.9 cm³/mol. The van der Waals surface area contributed by atoms with Gasteiger partial charge in [-0.2, -0.15) is 11.8 Å². The number of sulfonamides is 1. The van der Waals surface area contributed by atoms with Crippen LogP contribution in [0.2, 0.25) is 0 Å². The van der Waals surface area contributed by atoms with Crippen LogP contribution in [-0.2, 0) is 16.4 Å². The van der Waals surface area contributed by atoms with E-state index < -0.39 is 10.0 Å². The predicted octanol–water partition coefficient (Wildman–Crippen LogP) is 0.240. The number of benzene rings is 1. The largest absolute Gasteiger partial charge is 0.370 e. The SMILES string of the molecule is NC(=NCCc1ccc(S(N)(=O)=O)cc1)N1CCSCC1. The van der Waals surface area contributed by atoms with E-state index in [4.69, 9.17) is 10.9 Å². The van der Waals surface area contributed by atoms with Crippen molar-refractivity contribution in [1.82, 2.24) is 4.90 Å². The molecule has 0 bridgehead atoms. The van der Waals surface area contributed by atoms with Crippen molar-refractivity contribution >= 4 is 27.7 Å². The number of nitrogens with zero attached hydrogens (tertiary/aromatic N) is 2. The van der Waals surface area contributed by atoms with E-state index in [-0.39, 0.29) is 4.90 Å². The Bertz CT molecular complexity index is 593. The quantitative estimate of drug-likeness (QED) is 0.609. The minimum atomic E-state index is -3.62. The molecule has 1 aliphatic heterocycles. The highest BCUT2D eigenvalue weighted by atomic mass is 32.2. The molecule has 1 aliphatic rings. The summed E-state index contributed by atoms with van der Waals surface area (Å²) in [6.07, 6.45) is 0.716. The molecule has 0 aromatic heterocycles. The molecule has 8 heteroatoms. The maximum atomic E-state index is 11.2. The minimum absolute atomic E-state index is 0.125. The van der Waals surface area contributed by atoms with Gasteiger partial charge in [0.25, 0.3) is 0 Å². The van der Waals surface area contributed by atoms with Gasteiger partial charge in [0.2, 0.25) is 10.0 Å². The van der Waals surface area contributed by atoms with Crippen LogP contribution in [0.4, 0.5) is 0 Å². The second kappa shape index (κ2) is 7.15. The van der Waals surface area contributed by atoms with Crippen molar-refractivity contribution in [3.63, 3.8) is 0 Å². The van der Waals surface area contributed by atoms with Gasteiger partial charge < -0.3 is 10.6 Å². The Labute approximate surface area is 129 Å². The first-order chi connectivity index (χ1) is 9.97. The highest BCUT2D eigenvalue weighted by Gasteiger charge is 2.11. The van der Waals surface area contributed by atoms with Crippen LogP contribution in [0, 0.1) is 0 Å². The zero-order valence-electron chi connectivity index (χ0n) is 11.7. The maximum absolute atomic E-state index is 11.2. The van der Waals surface area contributed by atoms with Crippen LogP contribution in [0.3, 0.4) is 0 Å². The Kier molecular flexibility index (Phi) is 5.49. The van der Waals surface area contributed by atoms with E-state index in [9.17, 15) is 8.42 Å². The Morgan fingerprint density at radius 1 is 1.24 bits per heavy atom. The number of hydrogen-bond donors (Lipinski definition) is 2. The van der Waals surface area contributed by atoms with E-state index in [1.54, 1.807) is 12.1 Å². The second-order valence-electron chi connectivity index (χ2n) is 4.78. The third kappa shape index (κ3) is 4.90. The summed E-state index contributed by atoms with van der Waals surface area (Å²) in [4.78, 5) is 6.61. The molecule has 1 fully saturated rings. The van der Waals surface area contributed by atoms with Crippen molar-refractivity contribution in [3.05, 3.63) is 29.8 Å². The summed E-state index contributed by atoms with van der Waals surface area (Å²) in [6, 6.07) is 6.53. The number of primary sulfonamides is 1. The normalized spacial score (nSPS) is 17.0. The number of rotatable bonds is 4. The molecule has 2 rings (SSSR count). The molecular formula is C13H20N4O2S2. The second-order valence-corrected chi connectivity index (χ2v) is 7.56. The Balaban J connectivity index is 1.88. The van der Waals surface area contributed by atoms with Gasteiger partial charge in [0.05, 0.1) is 4.90 Å². The summed E-state index contributed by atoms with van der Waals surface area (Å²) in [5.74, 6) is 2.77. The zero-order valence-corrected chi connectivity index (χ0v) is 13.4. The molecule has 1 aromatic rings. The summed E-state index contributed by atoms with van der Waals surface area (Å²) in [5, 5.41) is 5.06. The van der Waals surface area contributed by atoms with E-state index in [2.05, 4.69) is 9.89 Å². The van der Waals surface area contributed by atoms with E-state index >= 15 is 0 Å². The van der Waals surface area contributed by atoms with E-state index in [0.29, 0.717) is 18.9 Å². The first kappa shape index (κ1) is 16.1. The van der Waals surface area contributed by atoms with Crippen LogP contribution in [0.1, 0.15) is 5.56 Å². The molecule has 0 atom stereocenters. The molecule has 4 N–H and O–H groups in total. The smallest absolute Gasteiger partial charge is 0.238 e. The lowest BCUT2D eigenvalue weighted by Crippen LogP contribution is -2.42. The highest BCUT2D eigenvalue weighted by Crippen LogP contribution is 2.10. The molecule has 0 saturated carbocycles.